The highest BCUT2D eigenvalue weighted by Gasteiger charge is 2.28. The van der Waals surface area contributed by atoms with Gasteiger partial charge in [0.15, 0.2) is 5.11 Å². The van der Waals surface area contributed by atoms with Gasteiger partial charge in [0.25, 0.3) is 0 Å². The number of fused-ring (bicyclic) bond motifs is 1. The molecule has 0 radical (unpaired) electrons. The lowest BCUT2D eigenvalue weighted by Crippen LogP contribution is -2.50. The number of piperazine rings is 1. The van der Waals surface area contributed by atoms with Gasteiger partial charge in [0.1, 0.15) is 10.8 Å². The molecule has 2 aromatic rings. The normalized spacial score (nSPS) is 16.1. The molecule has 1 aliphatic carbocycles. The maximum atomic E-state index is 12.5. The fraction of sp³-hybridized carbons (Fsp3) is 0.455. The van der Waals surface area contributed by atoms with Crippen molar-refractivity contribution in [1.82, 2.24) is 4.90 Å². The number of carbonyl (C=O) groups excluding carboxylic acids is 1. The van der Waals surface area contributed by atoms with Crippen LogP contribution in [-0.4, -0.2) is 56.4 Å². The monoisotopic (exact) mass is 445 g/mol. The van der Waals surface area contributed by atoms with Crippen LogP contribution in [0.25, 0.3) is 0 Å². The SMILES string of the molecule is COC(=O)c1c(NC(=S)N2CCN(c3ccccc3OC)CC2)sc2c1CCCC2. The van der Waals surface area contributed by atoms with E-state index in [4.69, 9.17) is 21.7 Å². The number of hydrogen-bond donors (Lipinski definition) is 1. The van der Waals surface area contributed by atoms with E-state index in [1.165, 1.54) is 18.4 Å². The topological polar surface area (TPSA) is 54.0 Å². The second-order valence-corrected chi connectivity index (χ2v) is 8.97. The number of ether oxygens (including phenoxy) is 2. The first-order valence-electron chi connectivity index (χ1n) is 10.3. The number of benzene rings is 1. The molecule has 0 spiro atoms. The van der Waals surface area contributed by atoms with Crippen LogP contribution in [0.2, 0.25) is 0 Å². The minimum atomic E-state index is -0.277. The maximum absolute atomic E-state index is 12.5. The van der Waals surface area contributed by atoms with Crippen molar-refractivity contribution in [3.63, 3.8) is 0 Å². The van der Waals surface area contributed by atoms with Gasteiger partial charge in [-0.2, -0.15) is 0 Å². The number of nitrogens with zero attached hydrogens (tertiary/aromatic N) is 2. The Hall–Kier alpha value is -2.32. The predicted octanol–water partition coefficient (Wildman–Crippen LogP) is 3.94. The van der Waals surface area contributed by atoms with Crippen molar-refractivity contribution in [3.05, 3.63) is 40.3 Å². The summed E-state index contributed by atoms with van der Waals surface area (Å²) in [6, 6.07) is 8.09. The van der Waals surface area contributed by atoms with Gasteiger partial charge in [0.05, 0.1) is 25.5 Å². The number of methoxy groups -OCH3 is 2. The lowest BCUT2D eigenvalue weighted by Gasteiger charge is -2.37. The van der Waals surface area contributed by atoms with Gasteiger partial charge in [0.2, 0.25) is 0 Å². The highest BCUT2D eigenvalue weighted by Crippen LogP contribution is 2.38. The molecule has 8 heteroatoms. The van der Waals surface area contributed by atoms with Crippen LogP contribution in [0.1, 0.15) is 33.6 Å². The Balaban J connectivity index is 1.44. The molecule has 30 heavy (non-hydrogen) atoms. The molecule has 4 rings (SSSR count). The van der Waals surface area contributed by atoms with Crippen LogP contribution >= 0.6 is 23.6 Å². The number of esters is 1. The van der Waals surface area contributed by atoms with Crippen molar-refractivity contribution < 1.29 is 14.3 Å². The first-order chi connectivity index (χ1) is 14.6. The Morgan fingerprint density at radius 1 is 1.10 bits per heavy atom. The van der Waals surface area contributed by atoms with Crippen LogP contribution in [0.15, 0.2) is 24.3 Å². The first kappa shape index (κ1) is 20.9. The van der Waals surface area contributed by atoms with E-state index in [1.54, 1.807) is 18.4 Å². The third-order valence-electron chi connectivity index (χ3n) is 5.77. The molecule has 0 saturated carbocycles. The average Bonchev–Trinajstić information content (AvgIpc) is 3.16. The molecule has 1 aromatic carbocycles. The van der Waals surface area contributed by atoms with Gasteiger partial charge in [-0.1, -0.05) is 12.1 Å². The Bertz CT molecular complexity index is 936. The summed E-state index contributed by atoms with van der Waals surface area (Å²) in [4.78, 5) is 18.2. The summed E-state index contributed by atoms with van der Waals surface area (Å²) in [6.07, 6.45) is 4.24. The summed E-state index contributed by atoms with van der Waals surface area (Å²) < 4.78 is 10.6. The number of thiocarbonyl (C=S) groups is 1. The summed E-state index contributed by atoms with van der Waals surface area (Å²) >= 11 is 7.36. The molecule has 0 bridgehead atoms. The molecule has 160 valence electrons. The highest BCUT2D eigenvalue weighted by molar-refractivity contribution is 7.80. The van der Waals surface area contributed by atoms with Gasteiger partial charge in [-0.15, -0.1) is 11.3 Å². The lowest BCUT2D eigenvalue weighted by atomic mass is 9.95. The fourth-order valence-corrected chi connectivity index (χ4v) is 5.82. The van der Waals surface area contributed by atoms with Gasteiger partial charge in [-0.05, 0) is 55.6 Å². The minimum absolute atomic E-state index is 0.277. The Morgan fingerprint density at radius 2 is 1.83 bits per heavy atom. The lowest BCUT2D eigenvalue weighted by molar-refractivity contribution is 0.0601. The predicted molar refractivity (Wildman–Crippen MR) is 125 cm³/mol. The van der Waals surface area contributed by atoms with Crippen molar-refractivity contribution in [2.75, 3.05) is 50.6 Å². The Kier molecular flexibility index (Phi) is 6.43. The summed E-state index contributed by atoms with van der Waals surface area (Å²) in [5, 5.41) is 4.85. The summed E-state index contributed by atoms with van der Waals surface area (Å²) in [7, 11) is 3.14. The van der Waals surface area contributed by atoms with E-state index < -0.39 is 0 Å². The standard InChI is InChI=1S/C22H27N3O3S2/c1-27-17-9-5-4-8-16(17)24-11-13-25(14-12-24)22(29)23-20-19(21(26)28-2)15-7-3-6-10-18(15)30-20/h4-5,8-9H,3,6-7,10-14H2,1-2H3,(H,23,29). The van der Waals surface area contributed by atoms with Crippen molar-refractivity contribution >= 4 is 45.3 Å². The van der Waals surface area contributed by atoms with Crippen LogP contribution in [0, 0.1) is 0 Å². The Labute approximate surface area is 186 Å². The molecule has 0 unspecified atom stereocenters. The maximum Gasteiger partial charge on any atom is 0.341 e. The highest BCUT2D eigenvalue weighted by atomic mass is 32.1. The van der Waals surface area contributed by atoms with Gasteiger partial charge in [0, 0.05) is 31.1 Å². The quantitative estimate of drug-likeness (QED) is 0.565. The summed E-state index contributed by atoms with van der Waals surface area (Å²) in [5.74, 6) is 0.610. The van der Waals surface area contributed by atoms with E-state index in [-0.39, 0.29) is 5.97 Å². The van der Waals surface area contributed by atoms with E-state index in [1.807, 2.05) is 18.2 Å². The van der Waals surface area contributed by atoms with Gasteiger partial charge >= 0.3 is 5.97 Å². The largest absolute Gasteiger partial charge is 0.495 e. The zero-order valence-corrected chi connectivity index (χ0v) is 19.0. The zero-order chi connectivity index (χ0) is 21.1. The van der Waals surface area contributed by atoms with E-state index in [0.29, 0.717) is 10.7 Å². The number of hydrogen-bond acceptors (Lipinski definition) is 6. The number of rotatable bonds is 4. The molecule has 0 atom stereocenters. The molecule has 1 fully saturated rings. The van der Waals surface area contributed by atoms with E-state index in [0.717, 1.165) is 67.4 Å². The molecular formula is C22H27N3O3S2. The van der Waals surface area contributed by atoms with Crippen molar-refractivity contribution in [2.45, 2.75) is 25.7 Å². The molecule has 6 nitrogen and oxygen atoms in total. The molecule has 1 saturated heterocycles. The number of aryl methyl sites for hydroxylation is 1. The molecule has 2 aliphatic rings. The number of nitrogens with one attached hydrogen (secondary N) is 1. The molecule has 1 aromatic heterocycles. The molecule has 1 N–H and O–H groups in total. The van der Waals surface area contributed by atoms with Crippen LogP contribution in [-0.2, 0) is 17.6 Å². The van der Waals surface area contributed by atoms with Crippen molar-refractivity contribution in [1.29, 1.82) is 0 Å². The molecule has 0 amide bonds. The van der Waals surface area contributed by atoms with Crippen LogP contribution in [0.5, 0.6) is 5.75 Å². The third kappa shape index (κ3) is 4.11. The number of para-hydroxylation sites is 2. The third-order valence-corrected chi connectivity index (χ3v) is 7.34. The first-order valence-corrected chi connectivity index (χ1v) is 11.5. The van der Waals surface area contributed by atoms with Crippen LogP contribution in [0.4, 0.5) is 10.7 Å². The van der Waals surface area contributed by atoms with Gasteiger partial charge in [-0.25, -0.2) is 4.79 Å². The Morgan fingerprint density at radius 3 is 2.57 bits per heavy atom. The molecular weight excluding hydrogens is 418 g/mol. The van der Waals surface area contributed by atoms with E-state index in [2.05, 4.69) is 21.2 Å². The summed E-state index contributed by atoms with van der Waals surface area (Å²) in [5.41, 5.74) is 2.93. The number of carbonyl (C=O) groups is 1. The van der Waals surface area contributed by atoms with Crippen molar-refractivity contribution in [3.8, 4) is 5.75 Å². The van der Waals surface area contributed by atoms with E-state index >= 15 is 0 Å². The fourth-order valence-electron chi connectivity index (χ4n) is 4.19. The zero-order valence-electron chi connectivity index (χ0n) is 17.4. The van der Waals surface area contributed by atoms with Crippen LogP contribution < -0.4 is 15.0 Å². The second kappa shape index (κ2) is 9.22. The number of anilines is 2. The minimum Gasteiger partial charge on any atom is -0.495 e. The average molecular weight is 446 g/mol. The van der Waals surface area contributed by atoms with E-state index in [9.17, 15) is 4.79 Å². The smallest absolute Gasteiger partial charge is 0.341 e. The second-order valence-electron chi connectivity index (χ2n) is 7.48. The number of thiophene rings is 1. The van der Waals surface area contributed by atoms with Gasteiger partial charge < -0.3 is 24.6 Å². The van der Waals surface area contributed by atoms with Gasteiger partial charge in [-0.3, -0.25) is 0 Å². The summed E-state index contributed by atoms with van der Waals surface area (Å²) in [6.45, 7) is 3.32. The molecule has 1 aliphatic heterocycles. The van der Waals surface area contributed by atoms with Crippen molar-refractivity contribution in [2.24, 2.45) is 0 Å². The van der Waals surface area contributed by atoms with Crippen LogP contribution in [0.3, 0.4) is 0 Å². The molecule has 2 heterocycles.